The van der Waals surface area contributed by atoms with Crippen molar-refractivity contribution in [3.8, 4) is 5.75 Å². The molecule has 1 aromatic carbocycles. The average Bonchev–Trinajstić information content (AvgIpc) is 2.38. The first-order chi connectivity index (χ1) is 9.28. The van der Waals surface area contributed by atoms with Crippen LogP contribution >= 0.6 is 0 Å². The van der Waals surface area contributed by atoms with Crippen molar-refractivity contribution in [3.05, 3.63) is 29.3 Å². The van der Waals surface area contributed by atoms with Crippen LogP contribution in [0.25, 0.3) is 0 Å². The summed E-state index contributed by atoms with van der Waals surface area (Å²) in [5.74, 6) is 2.16. The van der Waals surface area contributed by atoms with Crippen LogP contribution in [0.2, 0.25) is 0 Å². The summed E-state index contributed by atoms with van der Waals surface area (Å²) in [5.41, 5.74) is 2.72. The third-order valence-electron chi connectivity index (χ3n) is 4.04. The summed E-state index contributed by atoms with van der Waals surface area (Å²) in [6.07, 6.45) is 1.19. The van der Waals surface area contributed by atoms with E-state index in [1.54, 1.807) is 7.11 Å². The third-order valence-corrected chi connectivity index (χ3v) is 4.04. The van der Waals surface area contributed by atoms with E-state index in [4.69, 9.17) is 4.74 Å². The Morgan fingerprint density at radius 2 is 1.90 bits per heavy atom. The van der Waals surface area contributed by atoms with Crippen molar-refractivity contribution in [2.24, 2.45) is 5.92 Å². The van der Waals surface area contributed by atoms with Crippen molar-refractivity contribution in [2.75, 3.05) is 13.7 Å². The molecule has 0 spiro atoms. The van der Waals surface area contributed by atoms with Crippen molar-refractivity contribution in [1.82, 2.24) is 5.32 Å². The van der Waals surface area contributed by atoms with E-state index in [1.165, 1.54) is 17.5 Å². The van der Waals surface area contributed by atoms with Gasteiger partial charge < -0.3 is 10.1 Å². The Hall–Kier alpha value is -1.02. The molecule has 114 valence electrons. The van der Waals surface area contributed by atoms with Crippen LogP contribution in [0.5, 0.6) is 5.75 Å². The minimum atomic E-state index is 0.153. The van der Waals surface area contributed by atoms with Crippen molar-refractivity contribution in [2.45, 2.75) is 59.4 Å². The molecule has 1 N–H and O–H groups in total. The summed E-state index contributed by atoms with van der Waals surface area (Å²) in [4.78, 5) is 0. The minimum Gasteiger partial charge on any atom is -0.496 e. The highest BCUT2D eigenvalue weighted by Gasteiger charge is 2.21. The number of methoxy groups -OCH3 is 1. The van der Waals surface area contributed by atoms with E-state index in [1.807, 2.05) is 0 Å². The molecular formula is C18H31NO. The average molecular weight is 277 g/mol. The largest absolute Gasteiger partial charge is 0.496 e. The van der Waals surface area contributed by atoms with Gasteiger partial charge in [0.25, 0.3) is 0 Å². The van der Waals surface area contributed by atoms with Crippen molar-refractivity contribution >= 4 is 0 Å². The standard InChI is InChI=1S/C18H31NO/c1-8-13(2)16(12-19-18(4,5)6)15-10-9-14(3)17(11-15)20-7/h9-11,13,16,19H,8,12H2,1-7H3. The zero-order valence-corrected chi connectivity index (χ0v) is 14.2. The first-order valence-corrected chi connectivity index (χ1v) is 7.68. The molecule has 0 bridgehead atoms. The predicted octanol–water partition coefficient (Wildman–Crippen LogP) is 4.52. The van der Waals surface area contributed by atoms with E-state index in [-0.39, 0.29) is 5.54 Å². The van der Waals surface area contributed by atoms with Gasteiger partial charge in [-0.15, -0.1) is 0 Å². The van der Waals surface area contributed by atoms with Gasteiger partial charge in [-0.1, -0.05) is 32.4 Å². The van der Waals surface area contributed by atoms with E-state index in [2.05, 4.69) is 65.1 Å². The van der Waals surface area contributed by atoms with Crippen LogP contribution in [-0.2, 0) is 0 Å². The molecule has 0 fully saturated rings. The minimum absolute atomic E-state index is 0.153. The topological polar surface area (TPSA) is 21.3 Å². The SMILES string of the molecule is CCC(C)C(CNC(C)(C)C)c1ccc(C)c(OC)c1. The number of rotatable bonds is 6. The normalized spacial score (nSPS) is 14.9. The summed E-state index contributed by atoms with van der Waals surface area (Å²) in [6, 6.07) is 6.62. The molecule has 1 aromatic rings. The summed E-state index contributed by atoms with van der Waals surface area (Å²) in [5, 5.41) is 3.65. The number of benzene rings is 1. The highest BCUT2D eigenvalue weighted by Crippen LogP contribution is 2.30. The lowest BCUT2D eigenvalue weighted by Gasteiger charge is -2.29. The maximum atomic E-state index is 5.47. The fourth-order valence-electron chi connectivity index (χ4n) is 2.42. The molecule has 2 nitrogen and oxygen atoms in total. The van der Waals surface area contributed by atoms with Gasteiger partial charge in [-0.05, 0) is 56.7 Å². The van der Waals surface area contributed by atoms with Gasteiger partial charge in [0.15, 0.2) is 0 Å². The van der Waals surface area contributed by atoms with Crippen LogP contribution < -0.4 is 10.1 Å². The molecule has 0 aliphatic rings. The molecule has 0 heterocycles. The summed E-state index contributed by atoms with van der Waals surface area (Å²) >= 11 is 0. The van der Waals surface area contributed by atoms with Crippen LogP contribution in [0.3, 0.4) is 0 Å². The zero-order chi connectivity index (χ0) is 15.3. The zero-order valence-electron chi connectivity index (χ0n) is 14.2. The Morgan fingerprint density at radius 3 is 2.40 bits per heavy atom. The monoisotopic (exact) mass is 277 g/mol. The smallest absolute Gasteiger partial charge is 0.122 e. The molecule has 0 saturated heterocycles. The lowest BCUT2D eigenvalue weighted by atomic mass is 9.84. The molecule has 0 saturated carbocycles. The van der Waals surface area contributed by atoms with Crippen molar-refractivity contribution in [3.63, 3.8) is 0 Å². The van der Waals surface area contributed by atoms with E-state index >= 15 is 0 Å². The Labute approximate surface area is 124 Å². The van der Waals surface area contributed by atoms with Gasteiger partial charge in [0.2, 0.25) is 0 Å². The first-order valence-electron chi connectivity index (χ1n) is 7.68. The highest BCUT2D eigenvalue weighted by atomic mass is 16.5. The van der Waals surface area contributed by atoms with E-state index in [9.17, 15) is 0 Å². The fraction of sp³-hybridized carbons (Fsp3) is 0.667. The number of aryl methyl sites for hydroxylation is 1. The second-order valence-electron chi connectivity index (χ2n) is 6.85. The molecule has 0 aromatic heterocycles. The van der Waals surface area contributed by atoms with Gasteiger partial charge in [-0.25, -0.2) is 0 Å². The molecule has 20 heavy (non-hydrogen) atoms. The second-order valence-corrected chi connectivity index (χ2v) is 6.85. The van der Waals surface area contributed by atoms with Gasteiger partial charge in [-0.3, -0.25) is 0 Å². The Bertz CT molecular complexity index is 420. The van der Waals surface area contributed by atoms with E-state index in [0.29, 0.717) is 11.8 Å². The molecule has 0 aliphatic heterocycles. The van der Waals surface area contributed by atoms with Gasteiger partial charge >= 0.3 is 0 Å². The molecular weight excluding hydrogens is 246 g/mol. The molecule has 0 amide bonds. The second kappa shape index (κ2) is 7.12. The lowest BCUT2D eigenvalue weighted by Crippen LogP contribution is -2.39. The molecule has 2 heteroatoms. The van der Waals surface area contributed by atoms with Crippen molar-refractivity contribution < 1.29 is 4.74 Å². The Balaban J connectivity index is 2.98. The lowest BCUT2D eigenvalue weighted by molar-refractivity contribution is 0.354. The van der Waals surface area contributed by atoms with Crippen LogP contribution in [0.15, 0.2) is 18.2 Å². The summed E-state index contributed by atoms with van der Waals surface area (Å²) < 4.78 is 5.47. The van der Waals surface area contributed by atoms with Gasteiger partial charge in [0, 0.05) is 12.1 Å². The first kappa shape index (κ1) is 17.0. The fourth-order valence-corrected chi connectivity index (χ4v) is 2.42. The Morgan fingerprint density at radius 1 is 1.25 bits per heavy atom. The van der Waals surface area contributed by atoms with Gasteiger partial charge in [0.1, 0.15) is 5.75 Å². The molecule has 2 unspecified atom stereocenters. The molecule has 0 radical (unpaired) electrons. The number of nitrogens with one attached hydrogen (secondary N) is 1. The van der Waals surface area contributed by atoms with Crippen LogP contribution in [0.4, 0.5) is 0 Å². The van der Waals surface area contributed by atoms with Crippen LogP contribution in [0, 0.1) is 12.8 Å². The number of hydrogen-bond acceptors (Lipinski definition) is 2. The van der Waals surface area contributed by atoms with E-state index in [0.717, 1.165) is 12.3 Å². The number of ether oxygens (including phenoxy) is 1. The van der Waals surface area contributed by atoms with Gasteiger partial charge in [-0.2, -0.15) is 0 Å². The maximum Gasteiger partial charge on any atom is 0.122 e. The Kier molecular flexibility index (Phi) is 6.07. The van der Waals surface area contributed by atoms with Crippen molar-refractivity contribution in [1.29, 1.82) is 0 Å². The maximum absolute atomic E-state index is 5.47. The molecule has 0 aliphatic carbocycles. The predicted molar refractivity (Wildman–Crippen MR) is 87.7 cm³/mol. The highest BCUT2D eigenvalue weighted by molar-refractivity contribution is 5.38. The quantitative estimate of drug-likeness (QED) is 0.825. The van der Waals surface area contributed by atoms with Gasteiger partial charge in [0.05, 0.1) is 7.11 Å². The van der Waals surface area contributed by atoms with Crippen LogP contribution in [-0.4, -0.2) is 19.2 Å². The number of hydrogen-bond donors (Lipinski definition) is 1. The van der Waals surface area contributed by atoms with E-state index < -0.39 is 0 Å². The molecule has 2 atom stereocenters. The third kappa shape index (κ3) is 4.82. The summed E-state index contributed by atoms with van der Waals surface area (Å²) in [7, 11) is 1.75. The van der Waals surface area contributed by atoms with Crippen LogP contribution in [0.1, 0.15) is 58.1 Å². The molecule has 1 rings (SSSR count). The summed E-state index contributed by atoms with van der Waals surface area (Å²) in [6.45, 7) is 14.4.